The van der Waals surface area contributed by atoms with Crippen molar-refractivity contribution in [1.29, 1.82) is 0 Å². The van der Waals surface area contributed by atoms with Crippen molar-refractivity contribution < 1.29 is 17.9 Å². The Morgan fingerprint density at radius 2 is 1.76 bits per heavy atom. The van der Waals surface area contributed by atoms with Crippen LogP contribution in [0.3, 0.4) is 0 Å². The Morgan fingerprint density at radius 3 is 2.39 bits per heavy atom. The molecule has 4 heterocycles. The van der Waals surface area contributed by atoms with Crippen LogP contribution in [-0.4, -0.2) is 90.5 Å². The van der Waals surface area contributed by atoms with E-state index in [9.17, 15) is 13.2 Å². The number of sulfone groups is 1. The Balaban J connectivity index is 1.39. The van der Waals surface area contributed by atoms with E-state index in [4.69, 9.17) is 9.47 Å². The molecule has 178 valence electrons. The summed E-state index contributed by atoms with van der Waals surface area (Å²) in [5, 5.41) is 6.13. The van der Waals surface area contributed by atoms with Crippen molar-refractivity contribution in [3.63, 3.8) is 0 Å². The van der Waals surface area contributed by atoms with E-state index in [1.165, 1.54) is 4.68 Å². The summed E-state index contributed by atoms with van der Waals surface area (Å²) in [6.45, 7) is 3.54. The van der Waals surface area contributed by atoms with Gasteiger partial charge < -0.3 is 14.0 Å². The molecule has 10 nitrogen and oxygen atoms in total. The van der Waals surface area contributed by atoms with Crippen molar-refractivity contribution in [2.75, 3.05) is 51.9 Å². The summed E-state index contributed by atoms with van der Waals surface area (Å²) < 4.78 is 37.8. The lowest BCUT2D eigenvalue weighted by Crippen LogP contribution is -2.51. The number of benzene rings is 1. The number of piperazine rings is 1. The van der Waals surface area contributed by atoms with Crippen molar-refractivity contribution in [2.24, 2.45) is 7.05 Å². The highest BCUT2D eigenvalue weighted by Crippen LogP contribution is 2.36. The van der Waals surface area contributed by atoms with Crippen LogP contribution in [0.4, 0.5) is 0 Å². The Hall–Kier alpha value is -2.63. The molecule has 3 aromatic rings. The maximum absolute atomic E-state index is 13.4. The number of hydrogen-bond donors (Lipinski definition) is 0. The SMILES string of the molecule is COc1cc2c3cnn(CN4CCN(C5CCS(=O)(=O)C5)CC4)c(=O)c3n(C)c2cc1OC. The van der Waals surface area contributed by atoms with Gasteiger partial charge in [0.25, 0.3) is 5.56 Å². The van der Waals surface area contributed by atoms with Crippen molar-refractivity contribution in [3.05, 3.63) is 28.7 Å². The first-order valence-corrected chi connectivity index (χ1v) is 12.9. The van der Waals surface area contributed by atoms with Gasteiger partial charge in [-0.15, -0.1) is 0 Å². The van der Waals surface area contributed by atoms with Crippen LogP contribution >= 0.6 is 0 Å². The number of aromatic nitrogens is 3. The van der Waals surface area contributed by atoms with Crippen LogP contribution in [0.5, 0.6) is 11.5 Å². The van der Waals surface area contributed by atoms with Crippen LogP contribution in [0, 0.1) is 0 Å². The van der Waals surface area contributed by atoms with Gasteiger partial charge in [0.1, 0.15) is 5.52 Å². The minimum atomic E-state index is -2.89. The van der Waals surface area contributed by atoms with Crippen LogP contribution < -0.4 is 15.0 Å². The Kier molecular flexibility index (Phi) is 5.58. The van der Waals surface area contributed by atoms with Gasteiger partial charge in [0.15, 0.2) is 21.3 Å². The number of nitrogens with zero attached hydrogens (tertiary/aromatic N) is 5. The molecule has 0 spiro atoms. The van der Waals surface area contributed by atoms with E-state index in [1.54, 1.807) is 20.4 Å². The molecule has 1 atom stereocenters. The third-order valence-electron chi connectivity index (χ3n) is 6.97. The number of methoxy groups -OCH3 is 2. The zero-order chi connectivity index (χ0) is 23.3. The predicted octanol–water partition coefficient (Wildman–Crippen LogP) is 0.668. The lowest BCUT2D eigenvalue weighted by Gasteiger charge is -2.37. The molecule has 0 aliphatic carbocycles. The highest BCUT2D eigenvalue weighted by atomic mass is 32.2. The Morgan fingerprint density at radius 1 is 1.06 bits per heavy atom. The standard InChI is InChI=1S/C22H29N5O5S/c1-24-18-11-20(32-3)19(31-2)10-16(18)17-12-23-27(22(28)21(17)24)14-25-5-7-26(8-6-25)15-4-9-33(29,30)13-15/h10-12,15H,4-9,13-14H2,1-3H3. The third kappa shape index (κ3) is 3.87. The summed E-state index contributed by atoms with van der Waals surface area (Å²) in [5.41, 5.74) is 1.32. The smallest absolute Gasteiger partial charge is 0.292 e. The van der Waals surface area contributed by atoms with Crippen molar-refractivity contribution in [1.82, 2.24) is 24.1 Å². The fourth-order valence-corrected chi connectivity index (χ4v) is 6.87. The van der Waals surface area contributed by atoms with Crippen LogP contribution in [0.1, 0.15) is 6.42 Å². The molecule has 0 saturated carbocycles. The van der Waals surface area contributed by atoms with Crippen LogP contribution in [0.25, 0.3) is 21.8 Å². The average molecular weight is 476 g/mol. The lowest BCUT2D eigenvalue weighted by molar-refractivity contribution is 0.0801. The molecule has 0 bridgehead atoms. The van der Waals surface area contributed by atoms with E-state index in [-0.39, 0.29) is 17.4 Å². The van der Waals surface area contributed by atoms with E-state index < -0.39 is 9.84 Å². The number of fused-ring (bicyclic) bond motifs is 3. The van der Waals surface area contributed by atoms with Gasteiger partial charge in [-0.25, -0.2) is 13.1 Å². The molecule has 1 unspecified atom stereocenters. The van der Waals surface area contributed by atoms with Crippen LogP contribution in [0.15, 0.2) is 23.1 Å². The molecule has 2 saturated heterocycles. The van der Waals surface area contributed by atoms with E-state index in [2.05, 4.69) is 14.9 Å². The second-order valence-electron chi connectivity index (χ2n) is 8.85. The second-order valence-corrected chi connectivity index (χ2v) is 11.1. The molecule has 11 heteroatoms. The zero-order valence-corrected chi connectivity index (χ0v) is 20.0. The topological polar surface area (TPSA) is 98.9 Å². The molecule has 1 aromatic carbocycles. The fourth-order valence-electron chi connectivity index (χ4n) is 5.11. The number of aryl methyl sites for hydroxylation is 1. The summed E-state index contributed by atoms with van der Waals surface area (Å²) in [6.07, 6.45) is 2.46. The first-order chi connectivity index (χ1) is 15.8. The number of hydrogen-bond acceptors (Lipinski definition) is 8. The first-order valence-electron chi connectivity index (χ1n) is 11.1. The van der Waals surface area contributed by atoms with Gasteiger partial charge in [-0.2, -0.15) is 5.10 Å². The van der Waals surface area contributed by atoms with Gasteiger partial charge in [-0.3, -0.25) is 14.6 Å². The minimum Gasteiger partial charge on any atom is -0.493 e. The van der Waals surface area contributed by atoms with Crippen molar-refractivity contribution in [3.8, 4) is 11.5 Å². The molecule has 2 aromatic heterocycles. The molecular formula is C22H29N5O5S. The largest absolute Gasteiger partial charge is 0.493 e. The molecule has 2 fully saturated rings. The molecule has 0 N–H and O–H groups in total. The Labute approximate surface area is 192 Å². The van der Waals surface area contributed by atoms with Gasteiger partial charge in [-0.05, 0) is 12.5 Å². The minimum absolute atomic E-state index is 0.124. The van der Waals surface area contributed by atoms with Crippen molar-refractivity contribution >= 4 is 31.6 Å². The highest BCUT2D eigenvalue weighted by Gasteiger charge is 2.33. The number of rotatable bonds is 5. The Bertz CT molecular complexity index is 1370. The molecule has 5 rings (SSSR count). The summed E-state index contributed by atoms with van der Waals surface area (Å²) in [5.74, 6) is 1.77. The first kappa shape index (κ1) is 22.2. The van der Waals surface area contributed by atoms with Gasteiger partial charge >= 0.3 is 0 Å². The van der Waals surface area contributed by atoms with E-state index in [0.717, 1.165) is 48.9 Å². The molecule has 0 amide bonds. The van der Waals surface area contributed by atoms with Gasteiger partial charge in [0, 0.05) is 56.1 Å². The molecular weight excluding hydrogens is 446 g/mol. The highest BCUT2D eigenvalue weighted by molar-refractivity contribution is 7.91. The lowest BCUT2D eigenvalue weighted by atomic mass is 10.2. The van der Waals surface area contributed by atoms with Gasteiger partial charge in [0.2, 0.25) is 0 Å². The van der Waals surface area contributed by atoms with E-state index in [0.29, 0.717) is 29.4 Å². The monoisotopic (exact) mass is 475 g/mol. The van der Waals surface area contributed by atoms with E-state index in [1.807, 2.05) is 23.7 Å². The molecule has 33 heavy (non-hydrogen) atoms. The second kappa shape index (κ2) is 8.30. The maximum Gasteiger partial charge on any atom is 0.292 e. The summed E-state index contributed by atoms with van der Waals surface area (Å²) in [7, 11) is 2.16. The fraction of sp³-hybridized carbons (Fsp3) is 0.545. The third-order valence-corrected chi connectivity index (χ3v) is 8.72. The van der Waals surface area contributed by atoms with Crippen LogP contribution in [-0.2, 0) is 23.6 Å². The molecule has 2 aliphatic rings. The molecule has 0 radical (unpaired) electrons. The average Bonchev–Trinajstić information content (AvgIpc) is 3.31. The number of ether oxygens (including phenoxy) is 2. The summed E-state index contributed by atoms with van der Waals surface area (Å²) in [4.78, 5) is 17.8. The van der Waals surface area contributed by atoms with Crippen LogP contribution in [0.2, 0.25) is 0 Å². The predicted molar refractivity (Wildman–Crippen MR) is 126 cm³/mol. The van der Waals surface area contributed by atoms with Crippen molar-refractivity contribution in [2.45, 2.75) is 19.1 Å². The summed E-state index contributed by atoms with van der Waals surface area (Å²) >= 11 is 0. The van der Waals surface area contributed by atoms with E-state index >= 15 is 0 Å². The quantitative estimate of drug-likeness (QED) is 0.531. The zero-order valence-electron chi connectivity index (χ0n) is 19.2. The maximum atomic E-state index is 13.4. The van der Waals surface area contributed by atoms with Gasteiger partial charge in [0.05, 0.1) is 44.1 Å². The normalized spacial score (nSPS) is 21.7. The molecule has 2 aliphatic heterocycles. The van der Waals surface area contributed by atoms with Gasteiger partial charge in [-0.1, -0.05) is 0 Å². The summed E-state index contributed by atoms with van der Waals surface area (Å²) in [6, 6.07) is 3.88.